The molecule has 0 fully saturated rings. The molecule has 0 saturated heterocycles. The van der Waals surface area contributed by atoms with Crippen LogP contribution in [0.15, 0.2) is 36.4 Å². The molecule has 0 spiro atoms. The molecule has 2 aromatic carbocycles. The van der Waals surface area contributed by atoms with Crippen LogP contribution in [0, 0.1) is 13.8 Å². The topological polar surface area (TPSA) is 47.3 Å². The average molecular weight is 305 g/mol. The summed E-state index contributed by atoms with van der Waals surface area (Å²) < 4.78 is 5.41. The molecule has 112 valence electrons. The number of nitrogens with two attached hydrogens (primary N) is 1. The largest absolute Gasteiger partial charge is 0.496 e. The average Bonchev–Trinajstić information content (AvgIpc) is 2.48. The van der Waals surface area contributed by atoms with E-state index < -0.39 is 0 Å². The van der Waals surface area contributed by atoms with Crippen molar-refractivity contribution in [3.8, 4) is 5.75 Å². The van der Waals surface area contributed by atoms with Gasteiger partial charge in [-0.25, -0.2) is 0 Å². The Morgan fingerprint density at radius 3 is 2.52 bits per heavy atom. The molecule has 2 rings (SSSR count). The first-order chi connectivity index (χ1) is 10.0. The molecule has 0 radical (unpaired) electrons. The van der Waals surface area contributed by atoms with E-state index in [1.165, 1.54) is 16.7 Å². The van der Waals surface area contributed by atoms with E-state index in [4.69, 9.17) is 22.2 Å². The number of ether oxygens (including phenoxy) is 1. The first-order valence-corrected chi connectivity index (χ1v) is 7.28. The molecule has 3 N–H and O–H groups in total. The normalized spacial score (nSPS) is 12.2. The van der Waals surface area contributed by atoms with E-state index >= 15 is 0 Å². The van der Waals surface area contributed by atoms with E-state index in [-0.39, 0.29) is 6.04 Å². The van der Waals surface area contributed by atoms with Crippen molar-refractivity contribution in [1.29, 1.82) is 0 Å². The quantitative estimate of drug-likeness (QED) is 0.654. The third-order valence-corrected chi connectivity index (χ3v) is 4.01. The van der Waals surface area contributed by atoms with Gasteiger partial charge in [0, 0.05) is 10.6 Å². The van der Waals surface area contributed by atoms with Gasteiger partial charge in [0.1, 0.15) is 5.75 Å². The Hall–Kier alpha value is -1.55. The van der Waals surface area contributed by atoms with Crippen LogP contribution in [0.2, 0.25) is 5.02 Å². The van der Waals surface area contributed by atoms with Gasteiger partial charge in [-0.2, -0.15) is 0 Å². The molecular formula is C17H21ClN2O. The minimum Gasteiger partial charge on any atom is -0.496 e. The van der Waals surface area contributed by atoms with Crippen molar-refractivity contribution in [3.05, 3.63) is 63.7 Å². The van der Waals surface area contributed by atoms with Crippen LogP contribution >= 0.6 is 11.6 Å². The number of benzene rings is 2. The van der Waals surface area contributed by atoms with Gasteiger partial charge in [-0.05, 0) is 55.2 Å². The van der Waals surface area contributed by atoms with E-state index in [0.717, 1.165) is 17.7 Å². The molecule has 3 nitrogen and oxygen atoms in total. The highest BCUT2D eigenvalue weighted by Gasteiger charge is 2.16. The Bertz CT molecular complexity index is 628. The fourth-order valence-electron chi connectivity index (χ4n) is 2.40. The zero-order chi connectivity index (χ0) is 15.4. The van der Waals surface area contributed by atoms with Gasteiger partial charge in [-0.15, -0.1) is 0 Å². The van der Waals surface area contributed by atoms with Crippen molar-refractivity contribution in [2.45, 2.75) is 26.3 Å². The highest BCUT2D eigenvalue weighted by Crippen LogP contribution is 2.30. The monoisotopic (exact) mass is 304 g/mol. The first kappa shape index (κ1) is 15.8. The van der Waals surface area contributed by atoms with Crippen molar-refractivity contribution in [2.75, 3.05) is 7.11 Å². The number of methoxy groups -OCH3 is 1. The van der Waals surface area contributed by atoms with E-state index in [0.29, 0.717) is 5.02 Å². The first-order valence-electron chi connectivity index (χ1n) is 6.91. The Morgan fingerprint density at radius 1 is 1.14 bits per heavy atom. The molecule has 0 bridgehead atoms. The number of hydrogen-bond donors (Lipinski definition) is 2. The number of rotatable bonds is 5. The summed E-state index contributed by atoms with van der Waals surface area (Å²) >= 11 is 6.10. The Balaban J connectivity index is 2.31. The fourth-order valence-corrected chi connectivity index (χ4v) is 2.58. The molecule has 0 aliphatic rings. The van der Waals surface area contributed by atoms with Gasteiger partial charge in [0.05, 0.1) is 13.2 Å². The summed E-state index contributed by atoms with van der Waals surface area (Å²) in [6.45, 7) is 4.22. The maximum atomic E-state index is 6.10. The SMILES string of the molecule is COc1ccc(Cl)cc1C(Cc1ccc(C)c(C)c1)NN. The van der Waals surface area contributed by atoms with Gasteiger partial charge in [0.25, 0.3) is 0 Å². The maximum absolute atomic E-state index is 6.10. The maximum Gasteiger partial charge on any atom is 0.123 e. The summed E-state index contributed by atoms with van der Waals surface area (Å²) in [6.07, 6.45) is 0.772. The summed E-state index contributed by atoms with van der Waals surface area (Å²) in [4.78, 5) is 0. The zero-order valence-electron chi connectivity index (χ0n) is 12.6. The van der Waals surface area contributed by atoms with E-state index in [9.17, 15) is 0 Å². The third kappa shape index (κ3) is 3.76. The van der Waals surface area contributed by atoms with Gasteiger partial charge in [-0.1, -0.05) is 29.8 Å². The van der Waals surface area contributed by atoms with Gasteiger partial charge in [0.15, 0.2) is 0 Å². The molecule has 21 heavy (non-hydrogen) atoms. The van der Waals surface area contributed by atoms with Crippen molar-refractivity contribution < 1.29 is 4.74 Å². The second-order valence-electron chi connectivity index (χ2n) is 5.23. The van der Waals surface area contributed by atoms with Crippen LogP contribution in [0.25, 0.3) is 0 Å². The summed E-state index contributed by atoms with van der Waals surface area (Å²) in [6, 6.07) is 12.0. The van der Waals surface area contributed by atoms with Gasteiger partial charge < -0.3 is 4.74 Å². The van der Waals surface area contributed by atoms with E-state index in [1.807, 2.05) is 18.2 Å². The van der Waals surface area contributed by atoms with E-state index in [2.05, 4.69) is 37.5 Å². The Kier molecular flexibility index (Phi) is 5.23. The predicted octanol–water partition coefficient (Wildman–Crippen LogP) is 3.71. The molecular weight excluding hydrogens is 284 g/mol. The lowest BCUT2D eigenvalue weighted by molar-refractivity contribution is 0.399. The van der Waals surface area contributed by atoms with Crippen LogP contribution in [0.4, 0.5) is 0 Å². The minimum absolute atomic E-state index is 0.0549. The highest BCUT2D eigenvalue weighted by atomic mass is 35.5. The van der Waals surface area contributed by atoms with E-state index in [1.54, 1.807) is 7.11 Å². The number of halogens is 1. The standard InChI is InChI=1S/C17H21ClN2O/c1-11-4-5-13(8-12(11)2)9-16(20-19)15-10-14(18)6-7-17(15)21-3/h4-8,10,16,20H,9,19H2,1-3H3. The van der Waals surface area contributed by atoms with Gasteiger partial charge in [-0.3, -0.25) is 11.3 Å². The molecule has 1 unspecified atom stereocenters. The van der Waals surface area contributed by atoms with Crippen LogP contribution in [0.5, 0.6) is 5.75 Å². The second-order valence-corrected chi connectivity index (χ2v) is 5.66. The molecule has 0 saturated carbocycles. The van der Waals surface area contributed by atoms with Gasteiger partial charge in [0.2, 0.25) is 0 Å². The lowest BCUT2D eigenvalue weighted by Crippen LogP contribution is -2.30. The van der Waals surface area contributed by atoms with Crippen molar-refractivity contribution in [1.82, 2.24) is 5.43 Å². The zero-order valence-corrected chi connectivity index (χ0v) is 13.4. The lowest BCUT2D eigenvalue weighted by atomic mass is 9.96. The molecule has 0 aliphatic carbocycles. The van der Waals surface area contributed by atoms with Crippen molar-refractivity contribution in [2.24, 2.45) is 5.84 Å². The van der Waals surface area contributed by atoms with Crippen LogP contribution in [0.1, 0.15) is 28.3 Å². The second kappa shape index (κ2) is 6.94. The Labute approximate surface area is 131 Å². The lowest BCUT2D eigenvalue weighted by Gasteiger charge is -2.20. The summed E-state index contributed by atoms with van der Waals surface area (Å²) in [5.41, 5.74) is 7.62. The molecule has 0 aromatic heterocycles. The summed E-state index contributed by atoms with van der Waals surface area (Å²) in [5.74, 6) is 6.53. The number of aryl methyl sites for hydroxylation is 2. The Morgan fingerprint density at radius 2 is 1.90 bits per heavy atom. The molecule has 0 amide bonds. The molecule has 0 heterocycles. The number of hydrazine groups is 1. The fraction of sp³-hybridized carbons (Fsp3) is 0.294. The molecule has 4 heteroatoms. The van der Waals surface area contributed by atoms with Crippen LogP contribution in [-0.4, -0.2) is 7.11 Å². The third-order valence-electron chi connectivity index (χ3n) is 3.78. The van der Waals surface area contributed by atoms with Crippen LogP contribution < -0.4 is 16.0 Å². The van der Waals surface area contributed by atoms with Crippen LogP contribution in [-0.2, 0) is 6.42 Å². The highest BCUT2D eigenvalue weighted by molar-refractivity contribution is 6.30. The van der Waals surface area contributed by atoms with Gasteiger partial charge >= 0.3 is 0 Å². The van der Waals surface area contributed by atoms with Crippen LogP contribution in [0.3, 0.4) is 0 Å². The summed E-state index contributed by atoms with van der Waals surface area (Å²) in [5, 5.41) is 0.672. The molecule has 2 aromatic rings. The van der Waals surface area contributed by atoms with Crippen molar-refractivity contribution >= 4 is 11.6 Å². The number of nitrogens with one attached hydrogen (secondary N) is 1. The smallest absolute Gasteiger partial charge is 0.123 e. The molecule has 0 aliphatic heterocycles. The predicted molar refractivity (Wildman–Crippen MR) is 87.7 cm³/mol. The number of hydrogen-bond acceptors (Lipinski definition) is 3. The summed E-state index contributed by atoms with van der Waals surface area (Å²) in [7, 11) is 1.65. The minimum atomic E-state index is -0.0549. The molecule has 1 atom stereocenters. The van der Waals surface area contributed by atoms with Crippen molar-refractivity contribution in [3.63, 3.8) is 0 Å².